The summed E-state index contributed by atoms with van der Waals surface area (Å²) in [5, 5.41) is 5.80. The van der Waals surface area contributed by atoms with Crippen LogP contribution in [0.5, 0.6) is 0 Å². The molecule has 0 bridgehead atoms. The van der Waals surface area contributed by atoms with Crippen LogP contribution in [0.25, 0.3) is 10.8 Å². The van der Waals surface area contributed by atoms with Gasteiger partial charge in [0.1, 0.15) is 6.54 Å². The molecule has 6 heteroatoms. The average Bonchev–Trinajstić information content (AvgIpc) is 2.59. The number of carbonyl (C=O) groups excluding carboxylic acids is 1. The molecule has 1 aromatic heterocycles. The number of fused-ring (bicyclic) bond motifs is 1. The zero-order valence-electron chi connectivity index (χ0n) is 13.2. The molecule has 3 rings (SSSR count). The molecule has 0 saturated heterocycles. The van der Waals surface area contributed by atoms with Crippen LogP contribution in [0.2, 0.25) is 0 Å². The summed E-state index contributed by atoms with van der Waals surface area (Å²) in [7, 11) is 0. The van der Waals surface area contributed by atoms with E-state index in [1.807, 2.05) is 31.2 Å². The first-order valence-electron chi connectivity index (χ1n) is 7.59. The van der Waals surface area contributed by atoms with Crippen LogP contribution >= 0.6 is 0 Å². The van der Waals surface area contributed by atoms with Crippen LogP contribution in [-0.4, -0.2) is 15.7 Å². The molecule has 0 aliphatic heterocycles. The minimum atomic E-state index is -0.393. The number of nitrogens with zero attached hydrogens (tertiary/aromatic N) is 1. The summed E-state index contributed by atoms with van der Waals surface area (Å²) in [5.74, 6) is -0.344. The Labute approximate surface area is 137 Å². The molecule has 1 amide bonds. The molecule has 2 N–H and O–H groups in total. The summed E-state index contributed by atoms with van der Waals surface area (Å²) >= 11 is 0. The van der Waals surface area contributed by atoms with Crippen molar-refractivity contribution >= 4 is 16.7 Å². The highest BCUT2D eigenvalue weighted by molar-refractivity contribution is 5.81. The van der Waals surface area contributed by atoms with Crippen LogP contribution in [0.4, 0.5) is 0 Å². The summed E-state index contributed by atoms with van der Waals surface area (Å²) in [6.45, 7) is 2.13. The van der Waals surface area contributed by atoms with Gasteiger partial charge >= 0.3 is 0 Å². The Morgan fingerprint density at radius 3 is 2.42 bits per heavy atom. The Kier molecular flexibility index (Phi) is 4.29. The molecule has 0 radical (unpaired) electrons. The molecular formula is C18H17N3O3. The van der Waals surface area contributed by atoms with Crippen molar-refractivity contribution in [3.8, 4) is 0 Å². The number of aromatic amines is 1. The topological polar surface area (TPSA) is 84.0 Å². The average molecular weight is 323 g/mol. The van der Waals surface area contributed by atoms with Crippen LogP contribution in [0.15, 0.2) is 58.1 Å². The second-order valence-corrected chi connectivity index (χ2v) is 5.64. The molecule has 0 saturated carbocycles. The number of amides is 1. The fourth-order valence-corrected chi connectivity index (χ4v) is 2.46. The lowest BCUT2D eigenvalue weighted by Gasteiger charge is -2.08. The van der Waals surface area contributed by atoms with E-state index in [-0.39, 0.29) is 12.5 Å². The van der Waals surface area contributed by atoms with E-state index >= 15 is 0 Å². The maximum Gasteiger partial charge on any atom is 0.273 e. The van der Waals surface area contributed by atoms with E-state index < -0.39 is 11.1 Å². The van der Waals surface area contributed by atoms with E-state index in [4.69, 9.17) is 0 Å². The monoisotopic (exact) mass is 323 g/mol. The minimum absolute atomic E-state index is 0.231. The van der Waals surface area contributed by atoms with Gasteiger partial charge in [0.25, 0.3) is 11.1 Å². The molecule has 122 valence electrons. The predicted octanol–water partition coefficient (Wildman–Crippen LogP) is 1.31. The number of aromatic nitrogens is 2. The van der Waals surface area contributed by atoms with Gasteiger partial charge in [-0.1, -0.05) is 42.0 Å². The number of hydrogen-bond donors (Lipinski definition) is 2. The van der Waals surface area contributed by atoms with Gasteiger partial charge in [-0.2, -0.15) is 0 Å². The Morgan fingerprint density at radius 1 is 1.04 bits per heavy atom. The first-order valence-corrected chi connectivity index (χ1v) is 7.59. The Balaban J connectivity index is 1.76. The lowest BCUT2D eigenvalue weighted by atomic mass is 10.1. The third-order valence-electron chi connectivity index (χ3n) is 3.80. The molecule has 0 fully saturated rings. The molecule has 0 aliphatic rings. The fourth-order valence-electron chi connectivity index (χ4n) is 2.46. The summed E-state index contributed by atoms with van der Waals surface area (Å²) in [4.78, 5) is 36.4. The van der Waals surface area contributed by atoms with E-state index in [0.717, 1.165) is 15.8 Å². The maximum atomic E-state index is 12.3. The van der Waals surface area contributed by atoms with Crippen LogP contribution in [0, 0.1) is 6.92 Å². The molecule has 0 atom stereocenters. The number of carbonyl (C=O) groups is 1. The minimum Gasteiger partial charge on any atom is -0.350 e. The molecule has 1 heterocycles. The van der Waals surface area contributed by atoms with Crippen molar-refractivity contribution in [3.63, 3.8) is 0 Å². The van der Waals surface area contributed by atoms with Crippen LogP contribution in [0.3, 0.4) is 0 Å². The third kappa shape index (κ3) is 3.27. The van der Waals surface area contributed by atoms with Crippen molar-refractivity contribution in [2.75, 3.05) is 0 Å². The van der Waals surface area contributed by atoms with Gasteiger partial charge in [0.15, 0.2) is 0 Å². The second kappa shape index (κ2) is 6.54. The van der Waals surface area contributed by atoms with Crippen molar-refractivity contribution in [2.45, 2.75) is 20.0 Å². The quantitative estimate of drug-likeness (QED) is 0.759. The number of nitrogens with one attached hydrogen (secondary N) is 2. The van der Waals surface area contributed by atoms with Crippen molar-refractivity contribution in [1.82, 2.24) is 15.1 Å². The van der Waals surface area contributed by atoms with Gasteiger partial charge in [0, 0.05) is 6.54 Å². The lowest BCUT2D eigenvalue weighted by molar-refractivity contribution is -0.122. The Morgan fingerprint density at radius 2 is 1.71 bits per heavy atom. The van der Waals surface area contributed by atoms with Gasteiger partial charge in [-0.15, -0.1) is 0 Å². The van der Waals surface area contributed by atoms with Gasteiger partial charge in [-0.05, 0) is 24.6 Å². The van der Waals surface area contributed by atoms with Crippen molar-refractivity contribution in [3.05, 3.63) is 80.4 Å². The summed E-state index contributed by atoms with van der Waals surface area (Å²) < 4.78 is 1.04. The fraction of sp³-hybridized carbons (Fsp3) is 0.167. The summed E-state index contributed by atoms with van der Waals surface area (Å²) in [6.07, 6.45) is 0. The van der Waals surface area contributed by atoms with E-state index in [1.54, 1.807) is 24.3 Å². The van der Waals surface area contributed by atoms with E-state index in [1.165, 1.54) is 0 Å². The zero-order valence-corrected chi connectivity index (χ0v) is 13.2. The standard InChI is InChI=1S/C18H17N3O3/c1-12-6-8-13(9-7-12)10-19-16(22)11-21-18(24)15-5-3-2-4-14(15)17(23)20-21/h2-9H,10-11H2,1H3,(H,19,22)(H,20,23). The number of benzene rings is 2. The highest BCUT2D eigenvalue weighted by Gasteiger charge is 2.09. The van der Waals surface area contributed by atoms with E-state index in [9.17, 15) is 14.4 Å². The van der Waals surface area contributed by atoms with Crippen molar-refractivity contribution in [2.24, 2.45) is 0 Å². The number of aryl methyl sites for hydroxylation is 1. The molecule has 2 aromatic carbocycles. The van der Waals surface area contributed by atoms with Gasteiger partial charge in [-0.3, -0.25) is 19.5 Å². The Bertz CT molecular complexity index is 1000. The molecule has 24 heavy (non-hydrogen) atoms. The summed E-state index contributed by atoms with van der Waals surface area (Å²) in [6, 6.07) is 14.3. The maximum absolute atomic E-state index is 12.3. The van der Waals surface area contributed by atoms with Crippen LogP contribution < -0.4 is 16.4 Å². The van der Waals surface area contributed by atoms with Crippen molar-refractivity contribution in [1.29, 1.82) is 0 Å². The first-order chi connectivity index (χ1) is 11.5. The largest absolute Gasteiger partial charge is 0.350 e. The smallest absolute Gasteiger partial charge is 0.273 e. The first kappa shape index (κ1) is 15.7. The summed E-state index contributed by atoms with van der Waals surface area (Å²) in [5.41, 5.74) is 1.32. The molecule has 6 nitrogen and oxygen atoms in total. The molecule has 0 unspecified atom stereocenters. The molecule has 3 aromatic rings. The highest BCUT2D eigenvalue weighted by Crippen LogP contribution is 2.03. The van der Waals surface area contributed by atoms with Crippen LogP contribution in [-0.2, 0) is 17.9 Å². The zero-order chi connectivity index (χ0) is 17.1. The second-order valence-electron chi connectivity index (χ2n) is 5.64. The molecular weight excluding hydrogens is 306 g/mol. The van der Waals surface area contributed by atoms with E-state index in [0.29, 0.717) is 17.3 Å². The SMILES string of the molecule is Cc1ccc(CNC(=O)Cn2[nH]c(=O)c3ccccc3c2=O)cc1. The van der Waals surface area contributed by atoms with Gasteiger partial charge in [0.2, 0.25) is 5.91 Å². The molecule has 0 aliphatic carbocycles. The number of H-pyrrole nitrogens is 1. The van der Waals surface area contributed by atoms with Gasteiger partial charge in [0.05, 0.1) is 10.8 Å². The normalized spacial score (nSPS) is 10.7. The molecule has 0 spiro atoms. The highest BCUT2D eigenvalue weighted by atomic mass is 16.2. The predicted molar refractivity (Wildman–Crippen MR) is 91.9 cm³/mol. The van der Waals surface area contributed by atoms with Gasteiger partial charge in [-0.25, -0.2) is 4.68 Å². The van der Waals surface area contributed by atoms with Gasteiger partial charge < -0.3 is 5.32 Å². The number of hydrogen-bond acceptors (Lipinski definition) is 3. The van der Waals surface area contributed by atoms with Crippen LogP contribution in [0.1, 0.15) is 11.1 Å². The van der Waals surface area contributed by atoms with Crippen molar-refractivity contribution < 1.29 is 4.79 Å². The lowest BCUT2D eigenvalue weighted by Crippen LogP contribution is -2.36. The Hall–Kier alpha value is -3.15. The van der Waals surface area contributed by atoms with E-state index in [2.05, 4.69) is 10.4 Å². The number of rotatable bonds is 4. The third-order valence-corrected chi connectivity index (χ3v) is 3.80.